The fraction of sp³-hybridized carbons (Fsp3) is 0.0244. The van der Waals surface area contributed by atoms with E-state index >= 15 is 0 Å². The van der Waals surface area contributed by atoms with Gasteiger partial charge >= 0.3 is 0 Å². The van der Waals surface area contributed by atoms with Gasteiger partial charge in [0, 0.05) is 21.5 Å². The molecule has 1 nitrogen and oxygen atoms in total. The molecule has 0 saturated carbocycles. The second kappa shape index (κ2) is 9.19. The molecule has 0 spiro atoms. The van der Waals surface area contributed by atoms with Gasteiger partial charge in [-0.25, -0.2) is 0 Å². The molecule has 0 bridgehead atoms. The summed E-state index contributed by atoms with van der Waals surface area (Å²) in [4.78, 5) is 0. The maximum atomic E-state index is 7.48. The first-order valence-corrected chi connectivity index (χ1v) is 15.1. The SMILES string of the molecule is Clc1cc2c3ccccc3n(-c3ccc4ccccc4c3)c2cc1C1(c2ccccc2)c2ccccc2-c2ccccc21. The zero-order valence-electron chi connectivity index (χ0n) is 23.3. The highest BCUT2D eigenvalue weighted by atomic mass is 35.5. The molecule has 0 saturated heterocycles. The van der Waals surface area contributed by atoms with Crippen molar-refractivity contribution in [1.82, 2.24) is 4.57 Å². The van der Waals surface area contributed by atoms with Gasteiger partial charge in [0.15, 0.2) is 0 Å². The maximum absolute atomic E-state index is 7.48. The first-order valence-electron chi connectivity index (χ1n) is 14.7. The van der Waals surface area contributed by atoms with Crippen LogP contribution in [-0.2, 0) is 5.41 Å². The Morgan fingerprint density at radius 3 is 1.84 bits per heavy atom. The Labute approximate surface area is 255 Å². The minimum atomic E-state index is -0.565. The van der Waals surface area contributed by atoms with Crippen LogP contribution in [0.25, 0.3) is 49.4 Å². The van der Waals surface area contributed by atoms with Gasteiger partial charge in [0.05, 0.1) is 16.4 Å². The van der Waals surface area contributed by atoms with Crippen LogP contribution in [0, 0.1) is 0 Å². The van der Waals surface area contributed by atoms with E-state index in [4.69, 9.17) is 11.6 Å². The van der Waals surface area contributed by atoms with Gasteiger partial charge in [-0.3, -0.25) is 0 Å². The summed E-state index contributed by atoms with van der Waals surface area (Å²) in [5, 5.41) is 5.57. The topological polar surface area (TPSA) is 4.93 Å². The Hall–Kier alpha value is -5.11. The lowest BCUT2D eigenvalue weighted by molar-refractivity contribution is 0.769. The monoisotopic (exact) mass is 567 g/mol. The zero-order chi connectivity index (χ0) is 28.5. The van der Waals surface area contributed by atoms with Gasteiger partial charge in [-0.1, -0.05) is 139 Å². The molecular formula is C41H26ClN. The Morgan fingerprint density at radius 2 is 1.07 bits per heavy atom. The molecule has 0 amide bonds. The van der Waals surface area contributed by atoms with Crippen molar-refractivity contribution >= 4 is 44.2 Å². The van der Waals surface area contributed by atoms with Crippen LogP contribution < -0.4 is 0 Å². The predicted molar refractivity (Wildman–Crippen MR) is 181 cm³/mol. The Kier molecular flexibility index (Phi) is 5.24. The second-order valence-electron chi connectivity index (χ2n) is 11.4. The van der Waals surface area contributed by atoms with Crippen LogP contribution in [0.4, 0.5) is 0 Å². The lowest BCUT2D eigenvalue weighted by Crippen LogP contribution is -2.29. The molecule has 0 N–H and O–H groups in total. The molecule has 0 fully saturated rings. The Bertz CT molecular complexity index is 2320. The fourth-order valence-electron chi connectivity index (χ4n) is 7.55. The average Bonchev–Trinajstić information content (AvgIpc) is 3.55. The van der Waals surface area contributed by atoms with E-state index in [2.05, 4.69) is 162 Å². The van der Waals surface area contributed by atoms with Crippen molar-refractivity contribution in [2.75, 3.05) is 0 Å². The van der Waals surface area contributed by atoms with Crippen LogP contribution in [0.3, 0.4) is 0 Å². The molecule has 0 unspecified atom stereocenters. The van der Waals surface area contributed by atoms with Gasteiger partial charge in [0.1, 0.15) is 0 Å². The number of rotatable bonds is 3. The van der Waals surface area contributed by atoms with Gasteiger partial charge < -0.3 is 4.57 Å². The normalized spacial score (nSPS) is 13.4. The summed E-state index contributed by atoms with van der Waals surface area (Å²) in [5.41, 5.74) is 10.2. The second-order valence-corrected chi connectivity index (χ2v) is 11.8. The quantitative estimate of drug-likeness (QED) is 0.200. The molecule has 0 aliphatic heterocycles. The summed E-state index contributed by atoms with van der Waals surface area (Å²) < 4.78 is 2.41. The standard InChI is InChI=1S/C41H26ClN/c42-38-25-34-33-18-8-11-21-39(33)43(30-23-22-27-12-4-5-13-28(27)24-30)40(34)26-37(38)41(29-14-2-1-3-15-29)35-19-9-6-16-31(35)32-17-7-10-20-36(32)41/h1-26H. The summed E-state index contributed by atoms with van der Waals surface area (Å²) in [6.45, 7) is 0. The van der Waals surface area contributed by atoms with Crippen molar-refractivity contribution in [3.63, 3.8) is 0 Å². The van der Waals surface area contributed by atoms with Crippen LogP contribution in [0.2, 0.25) is 5.02 Å². The third-order valence-electron chi connectivity index (χ3n) is 9.32. The molecule has 9 rings (SSSR count). The van der Waals surface area contributed by atoms with Crippen molar-refractivity contribution in [3.8, 4) is 16.8 Å². The Balaban J connectivity index is 1.44. The molecule has 43 heavy (non-hydrogen) atoms. The van der Waals surface area contributed by atoms with Crippen molar-refractivity contribution in [2.24, 2.45) is 0 Å². The summed E-state index contributed by atoms with van der Waals surface area (Å²) in [5.74, 6) is 0. The van der Waals surface area contributed by atoms with Crippen molar-refractivity contribution in [2.45, 2.75) is 5.41 Å². The van der Waals surface area contributed by atoms with Crippen molar-refractivity contribution in [3.05, 3.63) is 185 Å². The number of nitrogens with zero attached hydrogens (tertiary/aromatic N) is 1. The van der Waals surface area contributed by atoms with E-state index in [1.807, 2.05) is 0 Å². The number of hydrogen-bond donors (Lipinski definition) is 0. The van der Waals surface area contributed by atoms with Gasteiger partial charge in [-0.2, -0.15) is 0 Å². The van der Waals surface area contributed by atoms with E-state index in [0.29, 0.717) is 0 Å². The molecule has 0 radical (unpaired) electrons. The highest BCUT2D eigenvalue weighted by Gasteiger charge is 2.47. The molecule has 1 aromatic heterocycles. The van der Waals surface area contributed by atoms with Crippen LogP contribution in [0.15, 0.2) is 158 Å². The minimum absolute atomic E-state index is 0.565. The summed E-state index contributed by atoms with van der Waals surface area (Å²) in [6, 6.07) is 57.0. The minimum Gasteiger partial charge on any atom is -0.309 e. The molecule has 8 aromatic rings. The first kappa shape index (κ1) is 24.5. The van der Waals surface area contributed by atoms with Crippen molar-refractivity contribution < 1.29 is 0 Å². The average molecular weight is 568 g/mol. The van der Waals surface area contributed by atoms with Crippen LogP contribution in [-0.4, -0.2) is 4.57 Å². The number of halogens is 1. The lowest BCUT2D eigenvalue weighted by atomic mass is 9.67. The highest BCUT2D eigenvalue weighted by Crippen LogP contribution is 2.57. The number of benzene rings is 7. The van der Waals surface area contributed by atoms with Crippen LogP contribution in [0.5, 0.6) is 0 Å². The van der Waals surface area contributed by atoms with E-state index in [1.165, 1.54) is 49.5 Å². The number of hydrogen-bond acceptors (Lipinski definition) is 0. The third kappa shape index (κ3) is 3.34. The summed E-state index contributed by atoms with van der Waals surface area (Å²) in [7, 11) is 0. The van der Waals surface area contributed by atoms with Gasteiger partial charge in [0.25, 0.3) is 0 Å². The summed E-state index contributed by atoms with van der Waals surface area (Å²) >= 11 is 7.48. The molecule has 0 atom stereocenters. The number of para-hydroxylation sites is 1. The van der Waals surface area contributed by atoms with Crippen LogP contribution in [0.1, 0.15) is 22.3 Å². The Morgan fingerprint density at radius 1 is 0.442 bits per heavy atom. The fourth-order valence-corrected chi connectivity index (χ4v) is 7.86. The molecule has 1 heterocycles. The van der Waals surface area contributed by atoms with Crippen LogP contribution >= 0.6 is 11.6 Å². The number of fused-ring (bicyclic) bond motifs is 7. The van der Waals surface area contributed by atoms with E-state index < -0.39 is 5.41 Å². The smallest absolute Gasteiger partial charge is 0.0728 e. The summed E-state index contributed by atoms with van der Waals surface area (Å²) in [6.07, 6.45) is 0. The van der Waals surface area contributed by atoms with E-state index in [-0.39, 0.29) is 0 Å². The van der Waals surface area contributed by atoms with E-state index in [1.54, 1.807) is 0 Å². The first-order chi connectivity index (χ1) is 21.2. The molecular weight excluding hydrogens is 542 g/mol. The maximum Gasteiger partial charge on any atom is 0.0728 e. The number of aromatic nitrogens is 1. The van der Waals surface area contributed by atoms with Gasteiger partial charge in [-0.15, -0.1) is 0 Å². The third-order valence-corrected chi connectivity index (χ3v) is 9.63. The molecule has 202 valence electrons. The highest BCUT2D eigenvalue weighted by molar-refractivity contribution is 6.33. The van der Waals surface area contributed by atoms with E-state index in [9.17, 15) is 0 Å². The molecule has 1 aliphatic carbocycles. The molecule has 1 aliphatic rings. The largest absolute Gasteiger partial charge is 0.309 e. The van der Waals surface area contributed by atoms with Crippen molar-refractivity contribution in [1.29, 1.82) is 0 Å². The van der Waals surface area contributed by atoms with E-state index in [0.717, 1.165) is 27.2 Å². The van der Waals surface area contributed by atoms with Gasteiger partial charge in [-0.05, 0) is 74.5 Å². The predicted octanol–water partition coefficient (Wildman–Crippen LogP) is 11.0. The lowest BCUT2D eigenvalue weighted by Gasteiger charge is -2.34. The molecule has 2 heteroatoms. The molecule has 7 aromatic carbocycles. The zero-order valence-corrected chi connectivity index (χ0v) is 24.1. The van der Waals surface area contributed by atoms with Gasteiger partial charge in [0.2, 0.25) is 0 Å².